The van der Waals surface area contributed by atoms with Crippen molar-refractivity contribution in [1.29, 1.82) is 0 Å². The van der Waals surface area contributed by atoms with Gasteiger partial charge in [0.1, 0.15) is 0 Å². The molecule has 0 atom stereocenters. The van der Waals surface area contributed by atoms with E-state index in [9.17, 15) is 42.1 Å². The molecule has 15 nitrogen and oxygen atoms in total. The zero-order chi connectivity index (χ0) is 48.1. The molecule has 6 rings (SSSR count). The minimum Gasteiger partial charge on any atom is -0.207 e. The fourth-order valence-corrected chi connectivity index (χ4v) is 16.3. The Bertz CT molecular complexity index is 2940. The molecule has 1 fully saturated rings. The van der Waals surface area contributed by atoms with Gasteiger partial charge in [0.05, 0.1) is 24.5 Å². The second kappa shape index (κ2) is 20.9. The van der Waals surface area contributed by atoms with Crippen LogP contribution in [0, 0.1) is 34.6 Å². The van der Waals surface area contributed by atoms with Crippen LogP contribution < -0.4 is 0 Å². The van der Waals surface area contributed by atoms with Crippen LogP contribution in [0.3, 0.4) is 0 Å². The van der Waals surface area contributed by atoms with Gasteiger partial charge in [0, 0.05) is 65.4 Å². The quantitative estimate of drug-likeness (QED) is 0.176. The summed E-state index contributed by atoms with van der Waals surface area (Å²) >= 11 is 0. The molecule has 1 saturated heterocycles. The van der Waals surface area contributed by atoms with Gasteiger partial charge < -0.3 is 0 Å². The molecule has 0 aliphatic carbocycles. The third kappa shape index (κ3) is 11.0. The standard InChI is InChI=1S/C46H57N5O10S5/c1-37-17-6-11-22-42(37)62(52,53)47-27-16-28-48(63(54,55)43-23-12-7-18-38(43)2)30-32-50(65(58,59)45-25-14-9-20-40(45)4)34-36-51(66(60,61)46-26-15-10-21-41(46)5)35-33-49(31-29-47)64(56,57)44-24-13-8-19-39(44)3/h6-15,17-26H,16,27-36H2,1-5H3. The molecule has 0 amide bonds. The molecule has 1 aliphatic heterocycles. The third-order valence-corrected chi connectivity index (χ3v) is 22.1. The monoisotopic (exact) mass is 999 g/mol. The zero-order valence-corrected chi connectivity index (χ0v) is 41.8. The van der Waals surface area contributed by atoms with Crippen molar-refractivity contribution < 1.29 is 42.1 Å². The van der Waals surface area contributed by atoms with E-state index >= 15 is 0 Å². The summed E-state index contributed by atoms with van der Waals surface area (Å²) in [5.74, 6) is 0. The Morgan fingerprint density at radius 2 is 0.409 bits per heavy atom. The summed E-state index contributed by atoms with van der Waals surface area (Å²) in [5.41, 5.74) is 2.08. The van der Waals surface area contributed by atoms with E-state index in [1.807, 2.05) is 0 Å². The molecule has 5 aromatic carbocycles. The van der Waals surface area contributed by atoms with Crippen LogP contribution in [0.5, 0.6) is 0 Å². The Morgan fingerprint density at radius 3 is 0.576 bits per heavy atom. The van der Waals surface area contributed by atoms with E-state index in [1.54, 1.807) is 126 Å². The van der Waals surface area contributed by atoms with Crippen molar-refractivity contribution in [2.24, 2.45) is 0 Å². The first-order chi connectivity index (χ1) is 31.1. The van der Waals surface area contributed by atoms with Crippen LogP contribution >= 0.6 is 0 Å². The number of sulfonamides is 5. The molecule has 0 aromatic heterocycles. The van der Waals surface area contributed by atoms with Gasteiger partial charge in [-0.25, -0.2) is 42.1 Å². The van der Waals surface area contributed by atoms with Gasteiger partial charge in [-0.1, -0.05) is 91.0 Å². The smallest absolute Gasteiger partial charge is 0.207 e. The molecule has 1 aliphatic rings. The van der Waals surface area contributed by atoms with Gasteiger partial charge in [-0.15, -0.1) is 0 Å². The molecule has 0 bridgehead atoms. The molecule has 0 radical (unpaired) electrons. The van der Waals surface area contributed by atoms with E-state index in [0.29, 0.717) is 27.8 Å². The van der Waals surface area contributed by atoms with Gasteiger partial charge in [-0.2, -0.15) is 21.5 Å². The van der Waals surface area contributed by atoms with E-state index < -0.39 is 89.4 Å². The van der Waals surface area contributed by atoms with Crippen LogP contribution in [0.2, 0.25) is 0 Å². The molecule has 5 aromatic rings. The Balaban J connectivity index is 1.53. The highest BCUT2D eigenvalue weighted by Gasteiger charge is 2.36. The molecule has 0 unspecified atom stereocenters. The lowest BCUT2D eigenvalue weighted by molar-refractivity contribution is 0.280. The highest BCUT2D eigenvalue weighted by atomic mass is 32.2. The van der Waals surface area contributed by atoms with E-state index in [4.69, 9.17) is 0 Å². The average Bonchev–Trinajstić information content (AvgIpc) is 3.26. The number of benzene rings is 5. The molecular formula is C46H57N5O10S5. The molecule has 356 valence electrons. The van der Waals surface area contributed by atoms with Crippen LogP contribution in [-0.4, -0.2) is 129 Å². The van der Waals surface area contributed by atoms with E-state index in [2.05, 4.69) is 0 Å². The number of rotatable bonds is 10. The van der Waals surface area contributed by atoms with Crippen LogP contribution in [0.15, 0.2) is 146 Å². The van der Waals surface area contributed by atoms with Crippen molar-refractivity contribution in [2.75, 3.05) is 65.4 Å². The summed E-state index contributed by atoms with van der Waals surface area (Å²) in [6.07, 6.45) is -0.0617. The van der Waals surface area contributed by atoms with Gasteiger partial charge in [0.2, 0.25) is 50.1 Å². The minimum atomic E-state index is -4.47. The van der Waals surface area contributed by atoms with Gasteiger partial charge >= 0.3 is 0 Å². The summed E-state index contributed by atoms with van der Waals surface area (Å²) in [4.78, 5) is -0.247. The van der Waals surface area contributed by atoms with Crippen LogP contribution in [0.4, 0.5) is 0 Å². The molecule has 20 heteroatoms. The molecule has 66 heavy (non-hydrogen) atoms. The molecular weight excluding hydrogens is 943 g/mol. The van der Waals surface area contributed by atoms with Crippen LogP contribution in [0.25, 0.3) is 0 Å². The first kappa shape index (κ1) is 51.0. The van der Waals surface area contributed by atoms with Gasteiger partial charge in [0.15, 0.2) is 0 Å². The summed E-state index contributed by atoms with van der Waals surface area (Å²) in [5, 5.41) is 0. The maximum atomic E-state index is 14.8. The van der Waals surface area contributed by atoms with E-state index in [1.165, 1.54) is 30.3 Å². The van der Waals surface area contributed by atoms with Crippen molar-refractivity contribution in [1.82, 2.24) is 21.5 Å². The summed E-state index contributed by atoms with van der Waals surface area (Å²) in [7, 11) is -22.0. The van der Waals surface area contributed by atoms with Gasteiger partial charge in [0.25, 0.3) is 0 Å². The van der Waals surface area contributed by atoms with Crippen molar-refractivity contribution >= 4 is 50.1 Å². The lowest BCUT2D eigenvalue weighted by atomic mass is 10.2. The van der Waals surface area contributed by atoms with Gasteiger partial charge in [-0.3, -0.25) is 0 Å². The summed E-state index contributed by atoms with van der Waals surface area (Å²) < 4.78 is 152. The highest BCUT2D eigenvalue weighted by molar-refractivity contribution is 7.90. The second-order valence-electron chi connectivity index (χ2n) is 16.2. The van der Waals surface area contributed by atoms with E-state index in [-0.39, 0.29) is 57.1 Å². The molecule has 0 N–H and O–H groups in total. The Labute approximate surface area is 391 Å². The van der Waals surface area contributed by atoms with Crippen molar-refractivity contribution in [2.45, 2.75) is 65.5 Å². The van der Waals surface area contributed by atoms with Crippen LogP contribution in [-0.2, 0) is 50.1 Å². The minimum absolute atomic E-state index is 0.0235. The maximum Gasteiger partial charge on any atom is 0.243 e. The average molecular weight is 1000 g/mol. The first-order valence-corrected chi connectivity index (χ1v) is 28.6. The Hall–Kier alpha value is -4.35. The number of hydrogen-bond donors (Lipinski definition) is 0. The number of hydrogen-bond acceptors (Lipinski definition) is 10. The first-order valence-electron chi connectivity index (χ1n) is 21.4. The summed E-state index contributed by atoms with van der Waals surface area (Å²) in [6, 6.07) is 31.5. The zero-order valence-electron chi connectivity index (χ0n) is 37.7. The maximum absolute atomic E-state index is 14.8. The lowest BCUT2D eigenvalue weighted by Crippen LogP contribution is -2.49. The fourth-order valence-electron chi connectivity index (χ4n) is 8.00. The van der Waals surface area contributed by atoms with Crippen molar-refractivity contribution in [3.63, 3.8) is 0 Å². The Kier molecular flexibility index (Phi) is 16.2. The topological polar surface area (TPSA) is 187 Å². The molecule has 0 saturated carbocycles. The predicted octanol–water partition coefficient (Wildman–Crippen LogP) is 5.39. The van der Waals surface area contributed by atoms with Crippen molar-refractivity contribution in [3.8, 4) is 0 Å². The SMILES string of the molecule is Cc1ccccc1S(=O)(=O)N1CCCN(S(=O)(=O)c2ccccc2C)CCN(S(=O)(=O)c2ccccc2C)CCN(S(=O)(=O)c2ccccc2C)CCN(S(=O)(=O)c2ccccc2C)CC1. The number of aryl methyl sites for hydroxylation is 5. The normalized spacial score (nSPS) is 17.4. The lowest BCUT2D eigenvalue weighted by Gasteiger charge is -2.33. The van der Waals surface area contributed by atoms with Crippen LogP contribution in [0.1, 0.15) is 34.2 Å². The Morgan fingerprint density at radius 1 is 0.258 bits per heavy atom. The molecule has 1 heterocycles. The summed E-state index contributed by atoms with van der Waals surface area (Å²) in [6.45, 7) is 4.22. The molecule has 0 spiro atoms. The fraction of sp³-hybridized carbons (Fsp3) is 0.348. The van der Waals surface area contributed by atoms with Crippen molar-refractivity contribution in [3.05, 3.63) is 149 Å². The largest absolute Gasteiger partial charge is 0.243 e. The second-order valence-corrected chi connectivity index (χ2v) is 25.7. The van der Waals surface area contributed by atoms with E-state index in [0.717, 1.165) is 21.5 Å². The van der Waals surface area contributed by atoms with Gasteiger partial charge in [-0.05, 0) is 99.2 Å². The predicted molar refractivity (Wildman–Crippen MR) is 254 cm³/mol. The highest BCUT2D eigenvalue weighted by Crippen LogP contribution is 2.27. The third-order valence-electron chi connectivity index (χ3n) is 11.8. The number of nitrogens with zero attached hydrogens (tertiary/aromatic N) is 5.